The summed E-state index contributed by atoms with van der Waals surface area (Å²) >= 11 is 0. The number of nitrogens with one attached hydrogen (secondary N) is 2. The van der Waals surface area contributed by atoms with Crippen molar-refractivity contribution in [1.82, 2.24) is 19.9 Å². The van der Waals surface area contributed by atoms with Gasteiger partial charge in [-0.05, 0) is 74.9 Å². The number of para-hydroxylation sites is 1. The van der Waals surface area contributed by atoms with Crippen molar-refractivity contribution < 1.29 is 19.4 Å². The van der Waals surface area contributed by atoms with Gasteiger partial charge in [-0.1, -0.05) is 24.6 Å². The lowest BCUT2D eigenvalue weighted by atomic mass is 9.85. The summed E-state index contributed by atoms with van der Waals surface area (Å²) in [5.41, 5.74) is 7.76. The van der Waals surface area contributed by atoms with Crippen LogP contribution >= 0.6 is 0 Å². The van der Waals surface area contributed by atoms with Gasteiger partial charge < -0.3 is 30.6 Å². The number of hydrogen-bond acceptors (Lipinski definition) is 7. The molecule has 2 aromatic carbocycles. The van der Waals surface area contributed by atoms with E-state index < -0.39 is 12.0 Å². The van der Waals surface area contributed by atoms with E-state index >= 15 is 0 Å². The Morgan fingerprint density at radius 2 is 1.98 bits per heavy atom. The normalized spacial score (nSPS) is 14.5. The van der Waals surface area contributed by atoms with Gasteiger partial charge in [0, 0.05) is 30.9 Å². The van der Waals surface area contributed by atoms with Gasteiger partial charge in [0.2, 0.25) is 11.8 Å². The van der Waals surface area contributed by atoms with E-state index in [9.17, 15) is 14.7 Å². The Bertz CT molecular complexity index is 1540. The molecule has 10 heteroatoms. The fraction of sp³-hybridized carbons (Fsp3) is 0.387. The first-order chi connectivity index (χ1) is 19.7. The number of benzene rings is 2. The number of ether oxygens (including phenoxy) is 2. The van der Waals surface area contributed by atoms with E-state index in [1.807, 2.05) is 42.5 Å². The highest BCUT2D eigenvalue weighted by molar-refractivity contribution is 5.92. The van der Waals surface area contributed by atoms with Crippen LogP contribution < -0.4 is 26.2 Å². The molecule has 1 aliphatic carbocycles. The molecular formula is C31H37N5O5. The number of aromatic nitrogens is 3. The number of imidazole rings is 1. The summed E-state index contributed by atoms with van der Waals surface area (Å²) < 4.78 is 13.5. The number of rotatable bonds is 13. The van der Waals surface area contributed by atoms with Crippen LogP contribution in [0.5, 0.6) is 17.4 Å². The molecule has 0 aliphatic heterocycles. The number of β-amino-alcohol motifs (C(OH)–C–C–N with tert-alkyl or cyclic N) is 1. The van der Waals surface area contributed by atoms with Crippen molar-refractivity contribution in [1.29, 1.82) is 0 Å². The first-order valence-electron chi connectivity index (χ1n) is 14.0. The number of aliphatic hydroxyl groups is 1. The van der Waals surface area contributed by atoms with Gasteiger partial charge >= 0.3 is 5.69 Å². The second-order valence-electron chi connectivity index (χ2n) is 11.4. The van der Waals surface area contributed by atoms with Gasteiger partial charge in [-0.25, -0.2) is 9.78 Å². The Labute approximate surface area is 238 Å². The van der Waals surface area contributed by atoms with E-state index in [0.29, 0.717) is 41.9 Å². The minimum atomic E-state index is -0.737. The molecule has 4 aromatic rings. The quantitative estimate of drug-likeness (QED) is 0.195. The number of carbonyl (C=O) groups excluding carboxylic acids is 1. The van der Waals surface area contributed by atoms with Gasteiger partial charge in [0.05, 0.1) is 11.1 Å². The zero-order chi connectivity index (χ0) is 29.0. The van der Waals surface area contributed by atoms with Gasteiger partial charge in [0.1, 0.15) is 29.7 Å². The molecule has 1 unspecified atom stereocenters. The molecule has 2 heterocycles. The number of nitrogens with zero attached hydrogens (tertiary/aromatic N) is 2. The molecule has 5 rings (SSSR count). The molecule has 5 N–H and O–H groups in total. The van der Waals surface area contributed by atoms with E-state index in [-0.39, 0.29) is 17.8 Å². The average molecular weight is 560 g/mol. The van der Waals surface area contributed by atoms with E-state index in [2.05, 4.69) is 29.1 Å². The highest BCUT2D eigenvalue weighted by Gasteiger charge is 2.23. The third-order valence-corrected chi connectivity index (χ3v) is 7.48. The van der Waals surface area contributed by atoms with Crippen molar-refractivity contribution in [2.75, 3.05) is 13.2 Å². The molecule has 1 amide bonds. The smallest absolute Gasteiger partial charge is 0.326 e. The Morgan fingerprint density at radius 3 is 2.63 bits per heavy atom. The molecule has 0 bridgehead atoms. The number of nitrogens with two attached hydrogens (primary N) is 1. The molecule has 1 saturated carbocycles. The summed E-state index contributed by atoms with van der Waals surface area (Å²) in [6, 6.07) is 16.4. The van der Waals surface area contributed by atoms with Crippen molar-refractivity contribution in [3.63, 3.8) is 0 Å². The summed E-state index contributed by atoms with van der Waals surface area (Å²) in [7, 11) is 0. The van der Waals surface area contributed by atoms with Gasteiger partial charge in [-0.15, -0.1) is 0 Å². The molecule has 0 spiro atoms. The first-order valence-corrected chi connectivity index (χ1v) is 14.0. The molecule has 0 radical (unpaired) electrons. The molecule has 2 aromatic heterocycles. The lowest BCUT2D eigenvalue weighted by Crippen LogP contribution is -2.46. The van der Waals surface area contributed by atoms with E-state index in [0.717, 1.165) is 35.9 Å². The number of aromatic amines is 1. The summed E-state index contributed by atoms with van der Waals surface area (Å²) in [6.07, 6.45) is 4.88. The molecule has 1 aliphatic rings. The highest BCUT2D eigenvalue weighted by atomic mass is 16.5. The molecule has 1 fully saturated rings. The second-order valence-corrected chi connectivity index (χ2v) is 11.4. The lowest BCUT2D eigenvalue weighted by Gasteiger charge is -2.28. The van der Waals surface area contributed by atoms with Crippen molar-refractivity contribution in [2.45, 2.75) is 57.7 Å². The van der Waals surface area contributed by atoms with Gasteiger partial charge in [0.25, 0.3) is 0 Å². The monoisotopic (exact) mass is 559 g/mol. The Balaban J connectivity index is 1.12. The van der Waals surface area contributed by atoms with Crippen LogP contribution in [0.3, 0.4) is 0 Å². The van der Waals surface area contributed by atoms with Crippen LogP contribution in [0.15, 0.2) is 65.6 Å². The summed E-state index contributed by atoms with van der Waals surface area (Å²) in [4.78, 5) is 30.8. The number of carbonyl (C=O) groups is 1. The fourth-order valence-electron chi connectivity index (χ4n) is 5.00. The Hall–Kier alpha value is -4.15. The van der Waals surface area contributed by atoms with Crippen molar-refractivity contribution in [3.05, 3.63) is 82.4 Å². The molecule has 216 valence electrons. The minimum Gasteiger partial charge on any atom is -0.489 e. The summed E-state index contributed by atoms with van der Waals surface area (Å²) in [5.74, 6) is 1.58. The van der Waals surface area contributed by atoms with E-state index in [1.165, 1.54) is 12.6 Å². The Morgan fingerprint density at radius 1 is 1.20 bits per heavy atom. The number of aliphatic hydroxyl groups excluding tert-OH is 1. The average Bonchev–Trinajstić information content (AvgIpc) is 3.24. The van der Waals surface area contributed by atoms with E-state index in [1.54, 1.807) is 16.7 Å². The van der Waals surface area contributed by atoms with Crippen molar-refractivity contribution in [2.24, 2.45) is 11.7 Å². The third kappa shape index (κ3) is 7.14. The SMILES string of the molecule is CC(C)(Cc1ccc(Oc2ccc(C(N)=O)cn2)cc1)NCC(O)COc1cccc2[nH]c(=O)n(CC3CCC3)c12. The number of primary amides is 1. The van der Waals surface area contributed by atoms with Crippen LogP contribution in [-0.2, 0) is 13.0 Å². The number of hydrogen-bond donors (Lipinski definition) is 4. The van der Waals surface area contributed by atoms with Gasteiger partial charge in [-0.2, -0.15) is 0 Å². The molecule has 0 saturated heterocycles. The zero-order valence-corrected chi connectivity index (χ0v) is 23.4. The van der Waals surface area contributed by atoms with Crippen LogP contribution in [0.25, 0.3) is 11.0 Å². The molecule has 10 nitrogen and oxygen atoms in total. The third-order valence-electron chi connectivity index (χ3n) is 7.48. The van der Waals surface area contributed by atoms with Crippen LogP contribution in [0.2, 0.25) is 0 Å². The van der Waals surface area contributed by atoms with Crippen LogP contribution in [0, 0.1) is 5.92 Å². The maximum Gasteiger partial charge on any atom is 0.326 e. The number of H-pyrrole nitrogens is 1. The molecule has 1 atom stereocenters. The zero-order valence-electron chi connectivity index (χ0n) is 23.4. The van der Waals surface area contributed by atoms with Crippen LogP contribution in [0.4, 0.5) is 0 Å². The van der Waals surface area contributed by atoms with Gasteiger partial charge in [0.15, 0.2) is 0 Å². The predicted molar refractivity (Wildman–Crippen MR) is 156 cm³/mol. The largest absolute Gasteiger partial charge is 0.489 e. The molecule has 41 heavy (non-hydrogen) atoms. The first kappa shape index (κ1) is 28.4. The van der Waals surface area contributed by atoms with Crippen molar-refractivity contribution in [3.8, 4) is 17.4 Å². The Kier molecular flexibility index (Phi) is 8.41. The molecular weight excluding hydrogens is 522 g/mol. The number of fused-ring (bicyclic) bond motifs is 1. The van der Waals surface area contributed by atoms with Gasteiger partial charge in [-0.3, -0.25) is 9.36 Å². The number of pyridine rings is 1. The van der Waals surface area contributed by atoms with Crippen molar-refractivity contribution >= 4 is 16.9 Å². The fourth-order valence-corrected chi connectivity index (χ4v) is 5.00. The predicted octanol–water partition coefficient (Wildman–Crippen LogP) is 3.77. The standard InChI is InChI=1S/C31H37N5O5/c1-31(2,15-20-9-12-24(13-10-20)41-27-14-11-22(16-33-27)29(32)38)34-17-23(37)19-40-26-8-4-7-25-28(26)36(30(39)35-25)18-21-5-3-6-21/h4,7-14,16,21,23,34,37H,3,5-6,15,17-19H2,1-2H3,(H2,32,38)(H,35,39). The topological polar surface area (TPSA) is 144 Å². The number of amides is 1. The highest BCUT2D eigenvalue weighted by Crippen LogP contribution is 2.30. The van der Waals surface area contributed by atoms with Crippen LogP contribution in [0.1, 0.15) is 49.0 Å². The maximum absolute atomic E-state index is 12.6. The second kappa shape index (κ2) is 12.2. The summed E-state index contributed by atoms with van der Waals surface area (Å²) in [5, 5.41) is 14.1. The lowest BCUT2D eigenvalue weighted by molar-refractivity contribution is 0.0993. The van der Waals surface area contributed by atoms with Crippen LogP contribution in [-0.4, -0.2) is 50.3 Å². The minimum absolute atomic E-state index is 0.103. The van der Waals surface area contributed by atoms with E-state index in [4.69, 9.17) is 15.2 Å². The maximum atomic E-state index is 12.6. The summed E-state index contributed by atoms with van der Waals surface area (Å²) in [6.45, 7) is 5.29.